The summed E-state index contributed by atoms with van der Waals surface area (Å²) in [7, 11) is 0. The van der Waals surface area contributed by atoms with E-state index in [-0.39, 0.29) is 46.6 Å². The minimum absolute atomic E-state index is 0.0108. The van der Waals surface area contributed by atoms with Gasteiger partial charge in [0.15, 0.2) is 0 Å². The smallest absolute Gasteiger partial charge is 0.104 e. The first kappa shape index (κ1) is 34.6. The second kappa shape index (κ2) is 15.3. The van der Waals surface area contributed by atoms with Crippen LogP contribution in [-0.4, -0.2) is 91.0 Å². The fraction of sp³-hybridized carbons (Fsp3) is 1.00. The summed E-state index contributed by atoms with van der Waals surface area (Å²) in [6.45, 7) is 9.25. The molecule has 4 aliphatic rings. The number of aliphatic hydroxyl groups excluding tert-OH is 1. The van der Waals surface area contributed by atoms with Crippen molar-refractivity contribution < 1.29 is 24.1 Å². The van der Waals surface area contributed by atoms with Gasteiger partial charge in [-0.25, -0.2) is 0 Å². The van der Waals surface area contributed by atoms with Crippen molar-refractivity contribution in [3.05, 3.63) is 0 Å². The van der Waals surface area contributed by atoms with Gasteiger partial charge in [-0.05, 0) is 61.7 Å². The molecular weight excluding hydrogens is 896 g/mol. The van der Waals surface area contributed by atoms with E-state index in [0.717, 1.165) is 45.1 Å². The summed E-state index contributed by atoms with van der Waals surface area (Å²) in [5.41, 5.74) is 0.176. The van der Waals surface area contributed by atoms with Crippen molar-refractivity contribution in [3.8, 4) is 0 Å². The van der Waals surface area contributed by atoms with E-state index < -0.39 is 6.10 Å². The first-order valence-electron chi connectivity index (χ1n) is 14.4. The van der Waals surface area contributed by atoms with Crippen LogP contribution in [0.1, 0.15) is 59.3 Å². The number of ether oxygens (including phenoxy) is 4. The normalized spacial score (nSPS) is 46.2. The minimum Gasteiger partial charge on any atom is -0.388 e. The lowest BCUT2D eigenvalue weighted by Gasteiger charge is -2.50. The van der Waals surface area contributed by atoms with Crippen molar-refractivity contribution in [3.63, 3.8) is 0 Å². The zero-order chi connectivity index (χ0) is 28.5. The Labute approximate surface area is 285 Å². The van der Waals surface area contributed by atoms with Crippen molar-refractivity contribution in [2.24, 2.45) is 23.2 Å². The van der Waals surface area contributed by atoms with E-state index >= 15 is 0 Å². The van der Waals surface area contributed by atoms with Crippen LogP contribution in [0, 0.1) is 23.2 Å². The van der Waals surface area contributed by atoms with E-state index in [2.05, 4.69) is 116 Å². The quantitative estimate of drug-likeness (QED) is 0.170. The van der Waals surface area contributed by atoms with Gasteiger partial charge in [0.05, 0.1) is 44.7 Å². The van der Waals surface area contributed by atoms with Gasteiger partial charge in [0, 0.05) is 29.0 Å². The number of epoxide rings is 1. The van der Waals surface area contributed by atoms with Gasteiger partial charge >= 0.3 is 0 Å². The third kappa shape index (κ3) is 9.35. The minimum atomic E-state index is -0.645. The molecule has 4 fully saturated rings. The largest absolute Gasteiger partial charge is 0.388 e. The Morgan fingerprint density at radius 1 is 0.692 bits per heavy atom. The van der Waals surface area contributed by atoms with E-state index in [1.165, 1.54) is 0 Å². The van der Waals surface area contributed by atoms with Gasteiger partial charge < -0.3 is 24.1 Å². The molecular formula is C28H44Br6O5. The number of hydrogen-bond donors (Lipinski definition) is 1. The van der Waals surface area contributed by atoms with Crippen molar-refractivity contribution in [1.29, 1.82) is 0 Å². The SMILES string of the molecule is CC1CC(Br)C(OCC(O)COC2C(Br)CC(C(C)(C)C3CC(Br)C(OCC4CO4)C(Br)C3)CC2Br)C(Br)C1. The second-order valence-corrected chi connectivity index (χ2v) is 19.9. The van der Waals surface area contributed by atoms with Crippen molar-refractivity contribution in [2.75, 3.05) is 26.4 Å². The molecule has 0 bridgehead atoms. The molecule has 8 unspecified atom stereocenters. The van der Waals surface area contributed by atoms with Crippen LogP contribution in [0.25, 0.3) is 0 Å². The summed E-state index contributed by atoms with van der Waals surface area (Å²) in [4.78, 5) is 1.72. The van der Waals surface area contributed by atoms with E-state index in [1.807, 2.05) is 0 Å². The van der Waals surface area contributed by atoms with Crippen molar-refractivity contribution >= 4 is 95.6 Å². The topological polar surface area (TPSA) is 60.5 Å². The van der Waals surface area contributed by atoms with Crippen LogP contribution >= 0.6 is 95.6 Å². The maximum absolute atomic E-state index is 10.7. The summed E-state index contributed by atoms with van der Waals surface area (Å²) < 4.78 is 24.0. The van der Waals surface area contributed by atoms with Crippen LogP contribution in [0.3, 0.4) is 0 Å². The van der Waals surface area contributed by atoms with E-state index in [1.54, 1.807) is 0 Å². The molecule has 3 aliphatic carbocycles. The standard InChI is InChI=1S/C28H44Br6O5/c1-14-4-19(29)25(20(30)5-14)37-10-17(35)11-38-26-21(31)6-15(7-22(26)32)28(2,3)16-8-23(33)27(24(34)9-16)39-13-18-12-36-18/h14-27,35H,4-13H2,1-3H3. The molecule has 4 rings (SSSR count). The number of aliphatic hydroxyl groups is 1. The average molecular weight is 940 g/mol. The first-order valence-corrected chi connectivity index (χ1v) is 19.8. The lowest BCUT2D eigenvalue weighted by molar-refractivity contribution is -0.0753. The highest BCUT2D eigenvalue weighted by Gasteiger charge is 2.49. The summed E-state index contributed by atoms with van der Waals surface area (Å²) in [6.07, 6.45) is 6.41. The molecule has 0 aromatic heterocycles. The van der Waals surface area contributed by atoms with E-state index in [0.29, 0.717) is 49.8 Å². The predicted molar refractivity (Wildman–Crippen MR) is 179 cm³/mol. The number of hydrogen-bond acceptors (Lipinski definition) is 5. The van der Waals surface area contributed by atoms with Crippen LogP contribution in [0.5, 0.6) is 0 Å². The monoisotopic (exact) mass is 934 g/mol. The van der Waals surface area contributed by atoms with Crippen molar-refractivity contribution in [2.45, 2.75) is 119 Å². The Bertz CT molecular complexity index is 739. The van der Waals surface area contributed by atoms with Crippen LogP contribution in [0.4, 0.5) is 0 Å². The molecule has 0 aromatic rings. The van der Waals surface area contributed by atoms with Gasteiger partial charge in [-0.2, -0.15) is 0 Å². The number of alkyl halides is 6. The lowest BCUT2D eigenvalue weighted by Crippen LogP contribution is -2.50. The molecule has 0 aromatic carbocycles. The lowest BCUT2D eigenvalue weighted by atomic mass is 9.60. The average Bonchev–Trinajstić information content (AvgIpc) is 3.66. The predicted octanol–water partition coefficient (Wildman–Crippen LogP) is 7.76. The highest BCUT2D eigenvalue weighted by Crippen LogP contribution is 2.52. The maximum atomic E-state index is 10.7. The zero-order valence-electron chi connectivity index (χ0n) is 23.0. The zero-order valence-corrected chi connectivity index (χ0v) is 32.5. The molecule has 5 nitrogen and oxygen atoms in total. The molecule has 1 saturated heterocycles. The molecule has 8 atom stereocenters. The second-order valence-electron chi connectivity index (χ2n) is 12.8. The Hall–Kier alpha value is 2.68. The number of halogens is 6. The van der Waals surface area contributed by atoms with Gasteiger partial charge in [0.25, 0.3) is 0 Å². The van der Waals surface area contributed by atoms with Crippen LogP contribution in [0.15, 0.2) is 0 Å². The molecule has 0 radical (unpaired) electrons. The molecule has 1 aliphatic heterocycles. The molecule has 39 heavy (non-hydrogen) atoms. The summed E-state index contributed by atoms with van der Waals surface area (Å²) in [5.74, 6) is 1.81. The van der Waals surface area contributed by atoms with E-state index in [4.69, 9.17) is 18.9 Å². The molecule has 1 heterocycles. The fourth-order valence-corrected chi connectivity index (χ4v) is 14.1. The molecule has 3 saturated carbocycles. The Morgan fingerprint density at radius 2 is 1.05 bits per heavy atom. The van der Waals surface area contributed by atoms with Crippen LogP contribution in [-0.2, 0) is 18.9 Å². The Kier molecular flexibility index (Phi) is 13.6. The molecule has 0 amide bonds. The maximum Gasteiger partial charge on any atom is 0.104 e. The highest BCUT2D eigenvalue weighted by atomic mass is 79.9. The van der Waals surface area contributed by atoms with Gasteiger partial charge in [0.2, 0.25) is 0 Å². The summed E-state index contributed by atoms with van der Waals surface area (Å²) in [6, 6.07) is 0. The molecule has 11 heteroatoms. The first-order chi connectivity index (χ1) is 18.4. The van der Waals surface area contributed by atoms with Gasteiger partial charge in [-0.1, -0.05) is 116 Å². The van der Waals surface area contributed by atoms with Crippen LogP contribution < -0.4 is 0 Å². The Morgan fingerprint density at radius 3 is 1.44 bits per heavy atom. The summed E-state index contributed by atoms with van der Waals surface area (Å²) >= 11 is 23.4. The molecule has 0 spiro atoms. The molecule has 1 N–H and O–H groups in total. The fourth-order valence-electron chi connectivity index (χ4n) is 6.68. The van der Waals surface area contributed by atoms with Crippen molar-refractivity contribution in [1.82, 2.24) is 0 Å². The van der Waals surface area contributed by atoms with Gasteiger partial charge in [-0.15, -0.1) is 0 Å². The Balaban J connectivity index is 1.23. The third-order valence-electron chi connectivity index (χ3n) is 9.38. The van der Waals surface area contributed by atoms with Crippen LogP contribution in [0.2, 0.25) is 0 Å². The van der Waals surface area contributed by atoms with E-state index in [9.17, 15) is 5.11 Å². The molecule has 228 valence electrons. The highest BCUT2D eigenvalue weighted by molar-refractivity contribution is 9.10. The van der Waals surface area contributed by atoms with Gasteiger partial charge in [-0.3, -0.25) is 0 Å². The summed E-state index contributed by atoms with van der Waals surface area (Å²) in [5, 5.41) is 10.7. The van der Waals surface area contributed by atoms with Gasteiger partial charge in [0.1, 0.15) is 12.2 Å². The third-order valence-corrected chi connectivity index (χ3v) is 14.7. The number of rotatable bonds is 11.